The lowest BCUT2D eigenvalue weighted by atomic mass is 10.2. The molecule has 1 amide bonds. The van der Waals surface area contributed by atoms with E-state index in [4.69, 9.17) is 10.00 Å². The Labute approximate surface area is 96.6 Å². The zero-order valence-corrected chi connectivity index (χ0v) is 10.1. The number of morpholine rings is 1. The number of ether oxygens (including phenoxy) is 1. The van der Waals surface area contributed by atoms with Crippen molar-refractivity contribution in [2.75, 3.05) is 33.3 Å². The lowest BCUT2D eigenvalue weighted by Gasteiger charge is -2.31. The molecule has 0 aliphatic carbocycles. The number of hydrogen-bond donors (Lipinski definition) is 0. The molecular weight excluding hydrogens is 206 g/mol. The van der Waals surface area contributed by atoms with Crippen molar-refractivity contribution >= 4 is 5.91 Å². The smallest absolute Gasteiger partial charge is 0.236 e. The van der Waals surface area contributed by atoms with E-state index in [1.54, 1.807) is 11.9 Å². The number of hydrogen-bond acceptors (Lipinski definition) is 4. The van der Waals surface area contributed by atoms with Gasteiger partial charge in [0, 0.05) is 26.2 Å². The van der Waals surface area contributed by atoms with Crippen LogP contribution in [0.5, 0.6) is 0 Å². The van der Waals surface area contributed by atoms with Crippen LogP contribution in [0.25, 0.3) is 0 Å². The first-order valence-corrected chi connectivity index (χ1v) is 5.53. The van der Waals surface area contributed by atoms with Crippen molar-refractivity contribution in [2.24, 2.45) is 0 Å². The van der Waals surface area contributed by atoms with Gasteiger partial charge in [-0.05, 0) is 13.8 Å². The van der Waals surface area contributed by atoms with Crippen LogP contribution in [0.2, 0.25) is 0 Å². The molecule has 0 saturated carbocycles. The van der Waals surface area contributed by atoms with Crippen molar-refractivity contribution in [3.05, 3.63) is 0 Å². The standard InChI is InChI=1S/C11H19N3O2/c1-9(2)13(3)11(15)8-14-4-5-16-10(6-12)7-14/h9-10H,4-5,7-8H2,1-3H3. The predicted octanol–water partition coefficient (Wildman–Crippen LogP) is 0.0776. The van der Waals surface area contributed by atoms with Gasteiger partial charge in [-0.3, -0.25) is 9.69 Å². The maximum absolute atomic E-state index is 11.8. The Hall–Kier alpha value is -1.12. The van der Waals surface area contributed by atoms with Gasteiger partial charge in [0.25, 0.3) is 0 Å². The Bertz CT molecular complexity index is 285. The van der Waals surface area contributed by atoms with Crippen LogP contribution in [0.15, 0.2) is 0 Å². The third-order valence-electron chi connectivity index (χ3n) is 2.82. The molecule has 1 atom stereocenters. The highest BCUT2D eigenvalue weighted by molar-refractivity contribution is 5.78. The number of nitrogens with zero attached hydrogens (tertiary/aromatic N) is 3. The van der Waals surface area contributed by atoms with Crippen LogP contribution in [-0.2, 0) is 9.53 Å². The molecule has 1 fully saturated rings. The summed E-state index contributed by atoms with van der Waals surface area (Å²) in [5, 5.41) is 8.74. The number of rotatable bonds is 3. The van der Waals surface area contributed by atoms with Crippen LogP contribution < -0.4 is 0 Å². The number of carbonyl (C=O) groups is 1. The second-order valence-electron chi connectivity index (χ2n) is 4.32. The molecule has 5 nitrogen and oxygen atoms in total. The van der Waals surface area contributed by atoms with E-state index >= 15 is 0 Å². The number of likely N-dealkylation sites (N-methyl/N-ethyl adjacent to an activating group) is 1. The highest BCUT2D eigenvalue weighted by Crippen LogP contribution is 2.05. The molecule has 0 bridgehead atoms. The molecule has 0 N–H and O–H groups in total. The van der Waals surface area contributed by atoms with Crippen molar-refractivity contribution in [2.45, 2.75) is 26.0 Å². The summed E-state index contributed by atoms with van der Waals surface area (Å²) in [5.74, 6) is 0.0913. The van der Waals surface area contributed by atoms with Gasteiger partial charge >= 0.3 is 0 Å². The summed E-state index contributed by atoms with van der Waals surface area (Å²) in [5.41, 5.74) is 0. The summed E-state index contributed by atoms with van der Waals surface area (Å²) in [6.07, 6.45) is -0.397. The number of amides is 1. The summed E-state index contributed by atoms with van der Waals surface area (Å²) >= 11 is 0. The van der Waals surface area contributed by atoms with Gasteiger partial charge < -0.3 is 9.64 Å². The minimum atomic E-state index is -0.397. The molecule has 16 heavy (non-hydrogen) atoms. The Morgan fingerprint density at radius 2 is 2.38 bits per heavy atom. The molecular formula is C11H19N3O2. The first-order chi connectivity index (χ1) is 7.54. The van der Waals surface area contributed by atoms with Crippen molar-refractivity contribution in [1.29, 1.82) is 5.26 Å². The van der Waals surface area contributed by atoms with Gasteiger partial charge in [-0.15, -0.1) is 0 Å². The molecule has 1 heterocycles. The summed E-state index contributed by atoms with van der Waals surface area (Å²) in [6, 6.07) is 2.28. The van der Waals surface area contributed by atoms with Crippen molar-refractivity contribution < 1.29 is 9.53 Å². The maximum atomic E-state index is 11.8. The predicted molar refractivity (Wildman–Crippen MR) is 59.7 cm³/mol. The topological polar surface area (TPSA) is 56.6 Å². The third kappa shape index (κ3) is 3.47. The Morgan fingerprint density at radius 3 is 2.94 bits per heavy atom. The van der Waals surface area contributed by atoms with E-state index < -0.39 is 6.10 Å². The van der Waals surface area contributed by atoms with Gasteiger partial charge in [0.2, 0.25) is 5.91 Å². The molecule has 0 aromatic carbocycles. The summed E-state index contributed by atoms with van der Waals surface area (Å²) < 4.78 is 5.22. The van der Waals surface area contributed by atoms with Gasteiger partial charge in [0.05, 0.1) is 19.2 Å². The van der Waals surface area contributed by atoms with Gasteiger partial charge in [-0.2, -0.15) is 5.26 Å². The third-order valence-corrected chi connectivity index (χ3v) is 2.82. The minimum Gasteiger partial charge on any atom is -0.361 e. The Kier molecular flexibility index (Phi) is 4.71. The second-order valence-corrected chi connectivity index (χ2v) is 4.32. The highest BCUT2D eigenvalue weighted by Gasteiger charge is 2.23. The van der Waals surface area contributed by atoms with E-state index in [9.17, 15) is 4.79 Å². The average molecular weight is 225 g/mol. The number of carbonyl (C=O) groups excluding carboxylic acids is 1. The van der Waals surface area contributed by atoms with Crippen LogP contribution in [0.3, 0.4) is 0 Å². The minimum absolute atomic E-state index is 0.0913. The molecule has 0 aromatic heterocycles. The molecule has 5 heteroatoms. The first kappa shape index (κ1) is 12.9. The molecule has 1 unspecified atom stereocenters. The Balaban J connectivity index is 2.42. The lowest BCUT2D eigenvalue weighted by Crippen LogP contribution is -2.47. The van der Waals surface area contributed by atoms with Crippen molar-refractivity contribution in [3.8, 4) is 6.07 Å². The highest BCUT2D eigenvalue weighted by atomic mass is 16.5. The van der Waals surface area contributed by atoms with E-state index in [-0.39, 0.29) is 11.9 Å². The zero-order chi connectivity index (χ0) is 12.1. The van der Waals surface area contributed by atoms with Gasteiger partial charge in [0.1, 0.15) is 0 Å². The van der Waals surface area contributed by atoms with Crippen molar-refractivity contribution in [3.63, 3.8) is 0 Å². The molecule has 0 aromatic rings. The molecule has 90 valence electrons. The fraction of sp³-hybridized carbons (Fsp3) is 0.818. The van der Waals surface area contributed by atoms with Gasteiger partial charge in [-0.1, -0.05) is 0 Å². The SMILES string of the molecule is CC(C)N(C)C(=O)CN1CCOC(C#N)C1. The normalized spacial score (nSPS) is 21.8. The van der Waals surface area contributed by atoms with E-state index in [0.717, 1.165) is 6.54 Å². The molecule has 0 radical (unpaired) electrons. The molecule has 1 saturated heterocycles. The molecule has 1 aliphatic heterocycles. The van der Waals surface area contributed by atoms with Gasteiger partial charge in [0.15, 0.2) is 6.10 Å². The fourth-order valence-corrected chi connectivity index (χ4v) is 1.52. The van der Waals surface area contributed by atoms with Crippen LogP contribution >= 0.6 is 0 Å². The molecule has 1 rings (SSSR count). The van der Waals surface area contributed by atoms with Crippen LogP contribution in [0, 0.1) is 11.3 Å². The second kappa shape index (κ2) is 5.83. The van der Waals surface area contributed by atoms with E-state index in [1.807, 2.05) is 18.7 Å². The number of nitriles is 1. The Morgan fingerprint density at radius 1 is 1.69 bits per heavy atom. The maximum Gasteiger partial charge on any atom is 0.236 e. The van der Waals surface area contributed by atoms with E-state index in [2.05, 4.69) is 6.07 Å². The van der Waals surface area contributed by atoms with E-state index in [0.29, 0.717) is 19.7 Å². The lowest BCUT2D eigenvalue weighted by molar-refractivity contribution is -0.134. The largest absolute Gasteiger partial charge is 0.361 e. The van der Waals surface area contributed by atoms with Crippen molar-refractivity contribution in [1.82, 2.24) is 9.80 Å². The van der Waals surface area contributed by atoms with Gasteiger partial charge in [-0.25, -0.2) is 0 Å². The summed E-state index contributed by atoms with van der Waals surface area (Å²) in [6.45, 7) is 6.10. The quantitative estimate of drug-likeness (QED) is 0.682. The first-order valence-electron chi connectivity index (χ1n) is 5.53. The fourth-order valence-electron chi connectivity index (χ4n) is 1.52. The zero-order valence-electron chi connectivity index (χ0n) is 10.1. The van der Waals surface area contributed by atoms with Crippen LogP contribution in [0.1, 0.15) is 13.8 Å². The summed E-state index contributed by atoms with van der Waals surface area (Å²) in [4.78, 5) is 15.5. The molecule has 1 aliphatic rings. The summed E-state index contributed by atoms with van der Waals surface area (Å²) in [7, 11) is 1.80. The van der Waals surface area contributed by atoms with E-state index in [1.165, 1.54) is 0 Å². The monoisotopic (exact) mass is 225 g/mol. The van der Waals surface area contributed by atoms with Crippen LogP contribution in [-0.4, -0.2) is 61.1 Å². The van der Waals surface area contributed by atoms with Crippen LogP contribution in [0.4, 0.5) is 0 Å². The molecule has 0 spiro atoms. The average Bonchev–Trinajstić information content (AvgIpc) is 2.28.